The lowest BCUT2D eigenvalue weighted by molar-refractivity contribution is -0.118. The maximum atomic E-state index is 13.3. The molecule has 0 aromatic heterocycles. The Morgan fingerprint density at radius 3 is 2.61 bits per heavy atom. The van der Waals surface area contributed by atoms with Crippen LogP contribution in [0, 0.1) is 0 Å². The smallest absolute Gasteiger partial charge is 0.241 e. The Balaban J connectivity index is 1.64. The number of benzene rings is 2. The summed E-state index contributed by atoms with van der Waals surface area (Å²) in [5, 5.41) is 0. The van der Waals surface area contributed by atoms with Gasteiger partial charge in [-0.2, -0.15) is 0 Å². The summed E-state index contributed by atoms with van der Waals surface area (Å²) in [5.74, 6) is 0.801. The molecule has 1 atom stereocenters. The first-order chi connectivity index (χ1) is 14.8. The van der Waals surface area contributed by atoms with E-state index in [2.05, 4.69) is 18.6 Å². The molecule has 0 saturated heterocycles. The van der Waals surface area contributed by atoms with Gasteiger partial charge in [0.1, 0.15) is 11.4 Å². The van der Waals surface area contributed by atoms with Crippen LogP contribution in [0.4, 0.5) is 5.69 Å². The highest BCUT2D eigenvalue weighted by Gasteiger charge is 2.40. The number of fused-ring (bicyclic) bond motifs is 2. The number of carbonyl (C=O) groups is 1. The van der Waals surface area contributed by atoms with E-state index in [1.165, 1.54) is 0 Å². The summed E-state index contributed by atoms with van der Waals surface area (Å²) in [6.45, 7) is 6.59. The minimum absolute atomic E-state index is 0.0572. The van der Waals surface area contributed by atoms with Gasteiger partial charge in [-0.05, 0) is 49.1 Å². The summed E-state index contributed by atoms with van der Waals surface area (Å²) in [5.41, 5.74) is 2.19. The van der Waals surface area contributed by atoms with Crippen molar-refractivity contribution in [3.05, 3.63) is 53.6 Å². The molecule has 2 aliphatic heterocycles. The van der Waals surface area contributed by atoms with Crippen molar-refractivity contribution in [2.45, 2.75) is 69.4 Å². The Hall–Kier alpha value is -2.38. The van der Waals surface area contributed by atoms with Crippen LogP contribution in [0.15, 0.2) is 47.4 Å². The summed E-state index contributed by atoms with van der Waals surface area (Å²) < 4.78 is 35.9. The van der Waals surface area contributed by atoms with E-state index >= 15 is 0 Å². The first-order valence-electron chi connectivity index (χ1n) is 11.1. The SMILES string of the molecule is CCC(=O)N1CCc2cc(S(=O)(=O)N[C@@H]3CC(CC)(CC)Oc4ccccc43)ccc21. The summed E-state index contributed by atoms with van der Waals surface area (Å²) in [6, 6.07) is 12.4. The molecule has 31 heavy (non-hydrogen) atoms. The zero-order valence-electron chi connectivity index (χ0n) is 18.3. The Morgan fingerprint density at radius 2 is 1.90 bits per heavy atom. The molecule has 166 valence electrons. The van der Waals surface area contributed by atoms with Crippen LogP contribution in [0.3, 0.4) is 0 Å². The lowest BCUT2D eigenvalue weighted by Gasteiger charge is -2.41. The summed E-state index contributed by atoms with van der Waals surface area (Å²) in [7, 11) is -3.74. The van der Waals surface area contributed by atoms with Crippen molar-refractivity contribution in [1.82, 2.24) is 4.72 Å². The summed E-state index contributed by atoms with van der Waals surface area (Å²) in [4.78, 5) is 14.1. The number of hydrogen-bond donors (Lipinski definition) is 1. The van der Waals surface area contributed by atoms with Crippen LogP contribution in [-0.4, -0.2) is 26.5 Å². The van der Waals surface area contributed by atoms with Gasteiger partial charge >= 0.3 is 0 Å². The molecule has 4 rings (SSSR count). The zero-order chi connectivity index (χ0) is 22.2. The van der Waals surface area contributed by atoms with E-state index in [9.17, 15) is 13.2 Å². The lowest BCUT2D eigenvalue weighted by atomic mass is 9.84. The fraction of sp³-hybridized carbons (Fsp3) is 0.458. The number of nitrogens with zero attached hydrogens (tertiary/aromatic N) is 1. The van der Waals surface area contributed by atoms with Gasteiger partial charge < -0.3 is 9.64 Å². The molecule has 2 aliphatic rings. The molecule has 0 unspecified atom stereocenters. The van der Waals surface area contributed by atoms with Crippen LogP contribution in [0.25, 0.3) is 0 Å². The van der Waals surface area contributed by atoms with Crippen LogP contribution in [0.1, 0.15) is 63.6 Å². The van der Waals surface area contributed by atoms with Gasteiger partial charge in [0.05, 0.1) is 10.9 Å². The topological polar surface area (TPSA) is 75.7 Å². The normalized spacial score (nSPS) is 19.5. The second kappa shape index (κ2) is 8.28. The average molecular weight is 443 g/mol. The van der Waals surface area contributed by atoms with Crippen LogP contribution in [-0.2, 0) is 21.2 Å². The third kappa shape index (κ3) is 3.96. The van der Waals surface area contributed by atoms with E-state index in [0.717, 1.165) is 35.4 Å². The molecular weight excluding hydrogens is 412 g/mol. The number of hydrogen-bond acceptors (Lipinski definition) is 4. The molecule has 1 amide bonds. The Kier molecular flexibility index (Phi) is 5.83. The van der Waals surface area contributed by atoms with Gasteiger partial charge in [0.2, 0.25) is 15.9 Å². The van der Waals surface area contributed by atoms with Crippen molar-refractivity contribution < 1.29 is 17.9 Å². The first-order valence-corrected chi connectivity index (χ1v) is 12.5. The Morgan fingerprint density at radius 1 is 1.16 bits per heavy atom. The fourth-order valence-corrected chi connectivity index (χ4v) is 5.92. The number of anilines is 1. The van der Waals surface area contributed by atoms with E-state index in [1.807, 2.05) is 31.2 Å². The van der Waals surface area contributed by atoms with E-state index in [1.54, 1.807) is 23.1 Å². The molecule has 0 aliphatic carbocycles. The molecule has 1 N–H and O–H groups in total. The third-order valence-electron chi connectivity index (χ3n) is 6.64. The summed E-state index contributed by atoms with van der Waals surface area (Å²) >= 11 is 0. The van der Waals surface area contributed by atoms with Gasteiger partial charge in [0, 0.05) is 30.6 Å². The largest absolute Gasteiger partial charge is 0.487 e. The number of amides is 1. The lowest BCUT2D eigenvalue weighted by Crippen LogP contribution is -2.44. The molecule has 6 nitrogen and oxygen atoms in total. The minimum atomic E-state index is -3.74. The monoisotopic (exact) mass is 442 g/mol. The number of nitrogens with one attached hydrogen (secondary N) is 1. The zero-order valence-corrected chi connectivity index (χ0v) is 19.2. The Bertz CT molecular complexity index is 1090. The predicted molar refractivity (Wildman–Crippen MR) is 121 cm³/mol. The summed E-state index contributed by atoms with van der Waals surface area (Å²) in [6.07, 6.45) is 3.28. The van der Waals surface area contributed by atoms with E-state index in [4.69, 9.17) is 4.74 Å². The highest BCUT2D eigenvalue weighted by molar-refractivity contribution is 7.89. The van der Waals surface area contributed by atoms with Crippen molar-refractivity contribution >= 4 is 21.6 Å². The van der Waals surface area contributed by atoms with Gasteiger partial charge in [-0.15, -0.1) is 0 Å². The van der Waals surface area contributed by atoms with Gasteiger partial charge in [-0.25, -0.2) is 13.1 Å². The van der Waals surface area contributed by atoms with Gasteiger partial charge in [-0.1, -0.05) is 39.0 Å². The first kappa shape index (κ1) is 21.8. The molecule has 0 fully saturated rings. The van der Waals surface area contributed by atoms with E-state index < -0.39 is 10.0 Å². The Labute approximate surface area is 184 Å². The third-order valence-corrected chi connectivity index (χ3v) is 8.11. The van der Waals surface area contributed by atoms with E-state index in [0.29, 0.717) is 25.8 Å². The maximum absolute atomic E-state index is 13.3. The predicted octanol–water partition coefficient (Wildman–Crippen LogP) is 4.35. The van der Waals surface area contributed by atoms with Gasteiger partial charge in [0.15, 0.2) is 0 Å². The average Bonchev–Trinajstić information content (AvgIpc) is 3.21. The van der Waals surface area contributed by atoms with E-state index in [-0.39, 0.29) is 22.4 Å². The fourth-order valence-electron chi connectivity index (χ4n) is 4.66. The number of rotatable bonds is 6. The second-order valence-corrected chi connectivity index (χ2v) is 10.1. The van der Waals surface area contributed by atoms with Crippen LogP contribution >= 0.6 is 0 Å². The van der Waals surface area contributed by atoms with Gasteiger partial charge in [-0.3, -0.25) is 4.79 Å². The number of sulfonamides is 1. The molecule has 0 bridgehead atoms. The highest BCUT2D eigenvalue weighted by Crippen LogP contribution is 2.43. The van der Waals surface area contributed by atoms with Crippen LogP contribution in [0.5, 0.6) is 5.75 Å². The maximum Gasteiger partial charge on any atom is 0.241 e. The molecule has 7 heteroatoms. The number of carbonyl (C=O) groups excluding carboxylic acids is 1. The molecule has 0 spiro atoms. The molecule has 0 saturated carbocycles. The standard InChI is InChI=1S/C24H30N2O4S/c1-4-23(27)26-14-13-17-15-18(11-12-21(17)26)31(28,29)25-20-16-24(5-2,6-3)30-22-10-8-7-9-19(20)22/h7-12,15,20,25H,4-6,13-14,16H2,1-3H3/t20-/m1/s1. The van der Waals surface area contributed by atoms with Crippen LogP contribution < -0.4 is 14.4 Å². The van der Waals surface area contributed by atoms with Crippen molar-refractivity contribution in [2.24, 2.45) is 0 Å². The van der Waals surface area contributed by atoms with Crippen molar-refractivity contribution in [1.29, 1.82) is 0 Å². The van der Waals surface area contributed by atoms with Crippen LogP contribution in [0.2, 0.25) is 0 Å². The van der Waals surface area contributed by atoms with Crippen molar-refractivity contribution in [3.8, 4) is 5.75 Å². The highest BCUT2D eigenvalue weighted by atomic mass is 32.2. The van der Waals surface area contributed by atoms with Crippen molar-refractivity contribution in [3.63, 3.8) is 0 Å². The quantitative estimate of drug-likeness (QED) is 0.722. The number of ether oxygens (including phenoxy) is 1. The minimum Gasteiger partial charge on any atom is -0.487 e. The molecular formula is C24H30N2O4S. The van der Waals surface area contributed by atoms with Gasteiger partial charge in [0.25, 0.3) is 0 Å². The van der Waals surface area contributed by atoms with Crippen molar-refractivity contribution in [2.75, 3.05) is 11.4 Å². The molecule has 2 heterocycles. The molecule has 2 aromatic carbocycles. The number of para-hydroxylation sites is 1. The second-order valence-electron chi connectivity index (χ2n) is 8.35. The molecule has 2 aromatic rings. The molecule has 0 radical (unpaired) electrons.